The molecule has 0 atom stereocenters. The molecular weight excluding hydrogens is 144 g/mol. The van der Waals surface area contributed by atoms with Gasteiger partial charge in [0.15, 0.2) is 5.15 Å². The van der Waals surface area contributed by atoms with Gasteiger partial charge in [-0.1, -0.05) is 11.6 Å². The van der Waals surface area contributed by atoms with Gasteiger partial charge in [0.2, 0.25) is 0 Å². The molecule has 1 rings (SSSR count). The fourth-order valence-electron chi connectivity index (χ4n) is 0.394. The Labute approximate surface area is 57.7 Å². The summed E-state index contributed by atoms with van der Waals surface area (Å²) in [6.45, 7) is 1.86. The van der Waals surface area contributed by atoms with E-state index in [1.807, 2.05) is 6.92 Å². The first kappa shape index (κ1) is 5.98. The summed E-state index contributed by atoms with van der Waals surface area (Å²) in [7, 11) is 0. The normalized spacial score (nSPS) is 9.88. The van der Waals surface area contributed by atoms with Crippen LogP contribution >= 0.6 is 24.2 Å². The molecule has 1 aromatic rings. The third-order valence-corrected chi connectivity index (χ3v) is 1.82. The van der Waals surface area contributed by atoms with Gasteiger partial charge in [0, 0.05) is 5.69 Å². The molecule has 1 aromatic heterocycles. The number of aromatic amines is 1. The molecule has 0 aromatic carbocycles. The molecule has 0 spiro atoms. The lowest BCUT2D eigenvalue weighted by atomic mass is 10.5. The van der Waals surface area contributed by atoms with Crippen molar-refractivity contribution in [1.82, 2.24) is 10.2 Å². The smallest absolute Gasteiger partial charge is 0.164 e. The first-order valence-electron chi connectivity index (χ1n) is 2.11. The number of nitrogens with one attached hydrogen (secondary N) is 1. The number of aromatic nitrogens is 2. The van der Waals surface area contributed by atoms with Crippen molar-refractivity contribution in [3.05, 3.63) is 10.8 Å². The highest BCUT2D eigenvalue weighted by Crippen LogP contribution is 2.18. The molecule has 0 fully saturated rings. The maximum atomic E-state index is 5.51. The number of aryl methyl sites for hydroxylation is 1. The van der Waals surface area contributed by atoms with Crippen LogP contribution in [0.1, 0.15) is 5.69 Å². The third-order valence-electron chi connectivity index (χ3n) is 0.872. The molecule has 0 aliphatic rings. The van der Waals surface area contributed by atoms with E-state index in [4.69, 9.17) is 11.6 Å². The molecule has 2 nitrogen and oxygen atoms in total. The summed E-state index contributed by atoms with van der Waals surface area (Å²) >= 11 is 9.55. The number of hydrogen-bond donors (Lipinski definition) is 2. The van der Waals surface area contributed by atoms with Gasteiger partial charge in [0.25, 0.3) is 0 Å². The monoisotopic (exact) mass is 148 g/mol. The lowest BCUT2D eigenvalue weighted by molar-refractivity contribution is 1.04. The summed E-state index contributed by atoms with van der Waals surface area (Å²) < 4.78 is 0. The summed E-state index contributed by atoms with van der Waals surface area (Å²) in [5.41, 5.74) is 0.901. The van der Waals surface area contributed by atoms with Crippen molar-refractivity contribution in [2.45, 2.75) is 11.8 Å². The molecule has 8 heavy (non-hydrogen) atoms. The molecule has 1 N–H and O–H groups in total. The highest BCUT2D eigenvalue weighted by molar-refractivity contribution is 7.80. The maximum Gasteiger partial charge on any atom is 0.164 e. The van der Waals surface area contributed by atoms with E-state index in [1.54, 1.807) is 0 Å². The van der Waals surface area contributed by atoms with Crippen LogP contribution in [0, 0.1) is 6.92 Å². The fraction of sp³-hybridized carbons (Fsp3) is 0.250. The number of H-pyrrole nitrogens is 1. The molecule has 44 valence electrons. The molecule has 0 bridgehead atoms. The molecule has 0 radical (unpaired) electrons. The summed E-state index contributed by atoms with van der Waals surface area (Å²) in [5, 5.41) is 6.79. The van der Waals surface area contributed by atoms with Gasteiger partial charge in [-0.05, 0) is 6.92 Å². The predicted octanol–water partition coefficient (Wildman–Crippen LogP) is 1.66. The van der Waals surface area contributed by atoms with E-state index in [-0.39, 0.29) is 0 Å². The number of hydrogen-bond acceptors (Lipinski definition) is 2. The minimum absolute atomic E-state index is 0.436. The largest absolute Gasteiger partial charge is 0.280 e. The Hall–Kier alpha value is -0.150. The highest BCUT2D eigenvalue weighted by Gasteiger charge is 2.00. The Morgan fingerprint density at radius 3 is 2.50 bits per heavy atom. The van der Waals surface area contributed by atoms with Crippen LogP contribution in [-0.2, 0) is 0 Å². The van der Waals surface area contributed by atoms with Gasteiger partial charge in [-0.15, -0.1) is 12.6 Å². The SMILES string of the molecule is Cc1[nH]nc(Cl)c1S. The van der Waals surface area contributed by atoms with E-state index < -0.39 is 0 Å². The van der Waals surface area contributed by atoms with Gasteiger partial charge < -0.3 is 0 Å². The van der Waals surface area contributed by atoms with Crippen molar-refractivity contribution in [1.29, 1.82) is 0 Å². The Morgan fingerprint density at radius 1 is 1.75 bits per heavy atom. The molecule has 0 aliphatic carbocycles. The summed E-state index contributed by atoms with van der Waals surface area (Å²) in [6, 6.07) is 0. The quantitative estimate of drug-likeness (QED) is 0.539. The second kappa shape index (κ2) is 1.99. The van der Waals surface area contributed by atoms with E-state index in [2.05, 4.69) is 22.8 Å². The van der Waals surface area contributed by atoms with Crippen LogP contribution in [0.4, 0.5) is 0 Å². The number of halogens is 1. The Balaban J connectivity index is 3.19. The first-order valence-corrected chi connectivity index (χ1v) is 2.93. The van der Waals surface area contributed by atoms with E-state index in [9.17, 15) is 0 Å². The molecule has 0 amide bonds. The zero-order valence-corrected chi connectivity index (χ0v) is 5.92. The Morgan fingerprint density at radius 2 is 2.38 bits per heavy atom. The Kier molecular flexibility index (Phi) is 1.49. The average molecular weight is 149 g/mol. The molecule has 4 heteroatoms. The fourth-order valence-corrected chi connectivity index (χ4v) is 0.678. The van der Waals surface area contributed by atoms with Gasteiger partial charge in [-0.25, -0.2) is 0 Å². The zero-order valence-electron chi connectivity index (χ0n) is 4.27. The van der Waals surface area contributed by atoms with Crippen LogP contribution in [0.2, 0.25) is 5.15 Å². The molecule has 0 saturated heterocycles. The number of thiol groups is 1. The van der Waals surface area contributed by atoms with E-state index in [1.165, 1.54) is 0 Å². The number of rotatable bonds is 0. The molecule has 1 heterocycles. The van der Waals surface area contributed by atoms with Gasteiger partial charge in [0.05, 0.1) is 4.90 Å². The van der Waals surface area contributed by atoms with E-state index >= 15 is 0 Å². The topological polar surface area (TPSA) is 28.7 Å². The van der Waals surface area contributed by atoms with Crippen LogP contribution < -0.4 is 0 Å². The van der Waals surface area contributed by atoms with Crippen LogP contribution in [0.15, 0.2) is 4.90 Å². The minimum Gasteiger partial charge on any atom is -0.280 e. The van der Waals surface area contributed by atoms with E-state index in [0.717, 1.165) is 10.6 Å². The van der Waals surface area contributed by atoms with Gasteiger partial charge in [-0.2, -0.15) is 5.10 Å². The lowest BCUT2D eigenvalue weighted by Gasteiger charge is -1.80. The minimum atomic E-state index is 0.436. The average Bonchev–Trinajstić information content (AvgIpc) is 1.98. The van der Waals surface area contributed by atoms with Crippen LogP contribution in [0.25, 0.3) is 0 Å². The van der Waals surface area contributed by atoms with Crippen LogP contribution in [0.3, 0.4) is 0 Å². The summed E-state index contributed by atoms with van der Waals surface area (Å²) in [5.74, 6) is 0. The Bertz CT molecular complexity index is 176. The van der Waals surface area contributed by atoms with Crippen molar-refractivity contribution in [2.75, 3.05) is 0 Å². The second-order valence-electron chi connectivity index (χ2n) is 1.49. The predicted molar refractivity (Wildman–Crippen MR) is 35.6 cm³/mol. The summed E-state index contributed by atoms with van der Waals surface area (Å²) in [4.78, 5) is 0.728. The second-order valence-corrected chi connectivity index (χ2v) is 2.29. The van der Waals surface area contributed by atoms with Crippen LogP contribution in [-0.4, -0.2) is 10.2 Å². The summed E-state index contributed by atoms with van der Waals surface area (Å²) in [6.07, 6.45) is 0. The zero-order chi connectivity index (χ0) is 6.15. The van der Waals surface area contributed by atoms with Gasteiger partial charge in [-0.3, -0.25) is 5.10 Å². The van der Waals surface area contributed by atoms with Gasteiger partial charge >= 0.3 is 0 Å². The van der Waals surface area contributed by atoms with Crippen molar-refractivity contribution >= 4 is 24.2 Å². The van der Waals surface area contributed by atoms with Crippen LogP contribution in [0.5, 0.6) is 0 Å². The standard InChI is InChI=1S/C4H5ClN2S/c1-2-3(8)4(5)7-6-2/h8H,1H3,(H,6,7). The van der Waals surface area contributed by atoms with Crippen molar-refractivity contribution < 1.29 is 0 Å². The number of nitrogens with zero attached hydrogens (tertiary/aromatic N) is 1. The van der Waals surface area contributed by atoms with Crippen molar-refractivity contribution in [3.8, 4) is 0 Å². The molecule has 0 unspecified atom stereocenters. The van der Waals surface area contributed by atoms with E-state index in [0.29, 0.717) is 5.15 Å². The lowest BCUT2D eigenvalue weighted by Crippen LogP contribution is -1.67. The maximum absolute atomic E-state index is 5.51. The van der Waals surface area contributed by atoms with Gasteiger partial charge in [0.1, 0.15) is 0 Å². The third kappa shape index (κ3) is 0.833. The molecule has 0 aliphatic heterocycles. The highest BCUT2D eigenvalue weighted by atomic mass is 35.5. The molecule has 0 saturated carbocycles. The van der Waals surface area contributed by atoms with Crippen molar-refractivity contribution in [2.24, 2.45) is 0 Å². The van der Waals surface area contributed by atoms with Crippen molar-refractivity contribution in [3.63, 3.8) is 0 Å². The first-order chi connectivity index (χ1) is 3.72. The molecular formula is C4H5ClN2S.